The maximum atomic E-state index is 13.6. The van der Waals surface area contributed by atoms with E-state index in [0.717, 1.165) is 5.56 Å². The lowest BCUT2D eigenvalue weighted by molar-refractivity contribution is -0.120. The Morgan fingerprint density at radius 1 is 1.32 bits per heavy atom. The van der Waals surface area contributed by atoms with Crippen LogP contribution in [0.15, 0.2) is 12.1 Å². The first-order chi connectivity index (χ1) is 8.62. The maximum absolute atomic E-state index is 13.6. The molecule has 0 aliphatic carbocycles. The van der Waals surface area contributed by atoms with Gasteiger partial charge in [-0.25, -0.2) is 4.39 Å². The standard InChI is InChI=1S/C15H23FN2O/c1-9-5-11(6-10(2)14(9)16)12(17)7-15(3,4)8-13(18)19/h5-6,12H,7-8,17H2,1-4H3,(H2,18,19). The van der Waals surface area contributed by atoms with E-state index < -0.39 is 0 Å². The highest BCUT2D eigenvalue weighted by Gasteiger charge is 2.25. The monoisotopic (exact) mass is 266 g/mol. The maximum Gasteiger partial charge on any atom is 0.217 e. The number of carbonyl (C=O) groups excluding carboxylic acids is 1. The van der Waals surface area contributed by atoms with E-state index in [1.54, 1.807) is 26.0 Å². The van der Waals surface area contributed by atoms with E-state index in [0.29, 0.717) is 24.0 Å². The predicted octanol–water partition coefficient (Wildman–Crippen LogP) is 2.73. The van der Waals surface area contributed by atoms with Crippen molar-refractivity contribution in [1.82, 2.24) is 0 Å². The minimum Gasteiger partial charge on any atom is -0.370 e. The number of benzene rings is 1. The van der Waals surface area contributed by atoms with E-state index in [2.05, 4.69) is 0 Å². The number of rotatable bonds is 5. The van der Waals surface area contributed by atoms with Gasteiger partial charge in [-0.2, -0.15) is 0 Å². The molecule has 0 saturated carbocycles. The second-order valence-corrected chi connectivity index (χ2v) is 6.09. The largest absolute Gasteiger partial charge is 0.370 e. The van der Waals surface area contributed by atoms with Crippen molar-refractivity contribution in [2.75, 3.05) is 0 Å². The SMILES string of the molecule is Cc1cc(C(N)CC(C)(C)CC(N)=O)cc(C)c1F. The fraction of sp³-hybridized carbons (Fsp3) is 0.533. The van der Waals surface area contributed by atoms with Crippen molar-refractivity contribution in [2.24, 2.45) is 16.9 Å². The van der Waals surface area contributed by atoms with Crippen LogP contribution in [0.4, 0.5) is 4.39 Å². The Balaban J connectivity index is 2.89. The Bertz CT molecular complexity index is 460. The third-order valence-electron chi connectivity index (χ3n) is 3.31. The Labute approximate surface area is 114 Å². The van der Waals surface area contributed by atoms with Crippen LogP contribution >= 0.6 is 0 Å². The lowest BCUT2D eigenvalue weighted by Crippen LogP contribution is -2.27. The number of carbonyl (C=O) groups is 1. The van der Waals surface area contributed by atoms with Crippen LogP contribution in [-0.4, -0.2) is 5.91 Å². The molecule has 1 aromatic carbocycles. The summed E-state index contributed by atoms with van der Waals surface area (Å²) in [5.41, 5.74) is 13.2. The lowest BCUT2D eigenvalue weighted by Gasteiger charge is -2.27. The molecule has 0 fully saturated rings. The van der Waals surface area contributed by atoms with Crippen molar-refractivity contribution in [2.45, 2.75) is 46.6 Å². The lowest BCUT2D eigenvalue weighted by atomic mass is 9.80. The fourth-order valence-corrected chi connectivity index (χ4v) is 2.45. The molecule has 1 rings (SSSR count). The number of halogens is 1. The average molecular weight is 266 g/mol. The number of primary amides is 1. The second-order valence-electron chi connectivity index (χ2n) is 6.09. The van der Waals surface area contributed by atoms with Gasteiger partial charge in [-0.15, -0.1) is 0 Å². The van der Waals surface area contributed by atoms with E-state index in [4.69, 9.17) is 11.5 Å². The minimum absolute atomic E-state index is 0.188. The smallest absolute Gasteiger partial charge is 0.217 e. The van der Waals surface area contributed by atoms with Crippen LogP contribution in [0.25, 0.3) is 0 Å². The molecule has 0 spiro atoms. The summed E-state index contributed by atoms with van der Waals surface area (Å²) in [6.45, 7) is 7.38. The van der Waals surface area contributed by atoms with Gasteiger partial charge in [-0.3, -0.25) is 4.79 Å². The first-order valence-corrected chi connectivity index (χ1v) is 6.43. The first kappa shape index (κ1) is 15.6. The van der Waals surface area contributed by atoms with Gasteiger partial charge in [-0.05, 0) is 42.4 Å². The van der Waals surface area contributed by atoms with Gasteiger partial charge in [0.1, 0.15) is 5.82 Å². The zero-order valence-corrected chi connectivity index (χ0v) is 12.1. The van der Waals surface area contributed by atoms with Crippen LogP contribution in [0, 0.1) is 25.1 Å². The highest BCUT2D eigenvalue weighted by molar-refractivity contribution is 5.74. The van der Waals surface area contributed by atoms with E-state index in [9.17, 15) is 9.18 Å². The Kier molecular flexibility index (Phi) is 4.69. The minimum atomic E-state index is -0.330. The van der Waals surface area contributed by atoms with E-state index in [1.807, 2.05) is 13.8 Å². The molecule has 3 nitrogen and oxygen atoms in total. The number of amides is 1. The molecule has 0 aromatic heterocycles. The molecular weight excluding hydrogens is 243 g/mol. The van der Waals surface area contributed by atoms with Crippen molar-refractivity contribution in [3.05, 3.63) is 34.6 Å². The van der Waals surface area contributed by atoms with Crippen molar-refractivity contribution in [3.8, 4) is 0 Å². The van der Waals surface area contributed by atoms with Gasteiger partial charge < -0.3 is 11.5 Å². The van der Waals surface area contributed by atoms with Gasteiger partial charge in [0.2, 0.25) is 5.91 Å². The van der Waals surface area contributed by atoms with Crippen LogP contribution in [0.2, 0.25) is 0 Å². The van der Waals surface area contributed by atoms with Crippen LogP contribution in [-0.2, 0) is 4.79 Å². The molecule has 106 valence electrons. The van der Waals surface area contributed by atoms with Crippen LogP contribution in [0.1, 0.15) is 49.4 Å². The molecule has 1 atom stereocenters. The summed E-state index contributed by atoms with van der Waals surface area (Å²) in [7, 11) is 0. The zero-order valence-electron chi connectivity index (χ0n) is 12.1. The van der Waals surface area contributed by atoms with Gasteiger partial charge in [0.05, 0.1) is 0 Å². The highest BCUT2D eigenvalue weighted by atomic mass is 19.1. The van der Waals surface area contributed by atoms with E-state index in [1.165, 1.54) is 0 Å². The molecule has 19 heavy (non-hydrogen) atoms. The van der Waals surface area contributed by atoms with Crippen LogP contribution in [0.5, 0.6) is 0 Å². The molecule has 4 heteroatoms. The summed E-state index contributed by atoms with van der Waals surface area (Å²) in [5.74, 6) is -0.518. The molecule has 0 bridgehead atoms. The third-order valence-corrected chi connectivity index (χ3v) is 3.31. The molecular formula is C15H23FN2O. The van der Waals surface area contributed by atoms with Gasteiger partial charge >= 0.3 is 0 Å². The summed E-state index contributed by atoms with van der Waals surface area (Å²) >= 11 is 0. The zero-order chi connectivity index (χ0) is 14.8. The van der Waals surface area contributed by atoms with E-state index in [-0.39, 0.29) is 23.2 Å². The molecule has 0 saturated heterocycles. The Hall–Kier alpha value is -1.42. The van der Waals surface area contributed by atoms with Crippen LogP contribution in [0.3, 0.4) is 0 Å². The number of aryl methyl sites for hydroxylation is 2. The van der Waals surface area contributed by atoms with Crippen molar-refractivity contribution in [3.63, 3.8) is 0 Å². The summed E-state index contributed by atoms with van der Waals surface area (Å²) in [4.78, 5) is 11.0. The molecule has 1 amide bonds. The van der Waals surface area contributed by atoms with Gasteiger partial charge in [-0.1, -0.05) is 26.0 Å². The van der Waals surface area contributed by atoms with Crippen LogP contribution < -0.4 is 11.5 Å². The molecule has 4 N–H and O–H groups in total. The summed E-state index contributed by atoms with van der Waals surface area (Å²) in [6.07, 6.45) is 0.917. The van der Waals surface area contributed by atoms with Gasteiger partial charge in [0.15, 0.2) is 0 Å². The Morgan fingerprint density at radius 3 is 2.21 bits per heavy atom. The first-order valence-electron chi connectivity index (χ1n) is 6.43. The highest BCUT2D eigenvalue weighted by Crippen LogP contribution is 2.32. The van der Waals surface area contributed by atoms with Gasteiger partial charge in [0.25, 0.3) is 0 Å². The molecule has 0 heterocycles. The second kappa shape index (κ2) is 5.70. The summed E-state index contributed by atoms with van der Waals surface area (Å²) in [5, 5.41) is 0. The van der Waals surface area contributed by atoms with Gasteiger partial charge in [0, 0.05) is 12.5 Å². The van der Waals surface area contributed by atoms with Crippen molar-refractivity contribution in [1.29, 1.82) is 0 Å². The summed E-state index contributed by atoms with van der Waals surface area (Å²) < 4.78 is 13.6. The normalized spacial score (nSPS) is 13.4. The topological polar surface area (TPSA) is 69.1 Å². The van der Waals surface area contributed by atoms with E-state index >= 15 is 0 Å². The third kappa shape index (κ3) is 4.31. The summed E-state index contributed by atoms with van der Waals surface area (Å²) in [6, 6.07) is 3.31. The Morgan fingerprint density at radius 2 is 1.79 bits per heavy atom. The molecule has 1 unspecified atom stereocenters. The quantitative estimate of drug-likeness (QED) is 0.860. The molecule has 0 aliphatic rings. The molecule has 1 aromatic rings. The molecule has 0 aliphatic heterocycles. The molecule has 0 radical (unpaired) electrons. The number of hydrogen-bond donors (Lipinski definition) is 2. The fourth-order valence-electron chi connectivity index (χ4n) is 2.45. The number of nitrogens with two attached hydrogens (primary N) is 2. The average Bonchev–Trinajstić information content (AvgIpc) is 2.22. The predicted molar refractivity (Wildman–Crippen MR) is 75.0 cm³/mol. The van der Waals surface area contributed by atoms with Crippen molar-refractivity contribution >= 4 is 5.91 Å². The number of hydrogen-bond acceptors (Lipinski definition) is 2. The van der Waals surface area contributed by atoms with Crippen molar-refractivity contribution < 1.29 is 9.18 Å².